The number of amides is 1. The molecule has 1 unspecified atom stereocenters. The van der Waals surface area contributed by atoms with Crippen molar-refractivity contribution in [2.75, 3.05) is 31.2 Å². The smallest absolute Gasteiger partial charge is 0.304 e. The molecule has 7 nitrogen and oxygen atoms in total. The summed E-state index contributed by atoms with van der Waals surface area (Å²) in [6.07, 6.45) is 2.82. The third-order valence-electron chi connectivity index (χ3n) is 5.47. The zero-order valence-corrected chi connectivity index (χ0v) is 17.3. The van der Waals surface area contributed by atoms with Gasteiger partial charge >= 0.3 is 5.97 Å². The molecule has 8 heteroatoms. The van der Waals surface area contributed by atoms with Crippen molar-refractivity contribution in [3.05, 3.63) is 29.3 Å². The predicted octanol–water partition coefficient (Wildman–Crippen LogP) is 2.54. The zero-order valence-electron chi connectivity index (χ0n) is 16.5. The van der Waals surface area contributed by atoms with Crippen molar-refractivity contribution in [1.82, 2.24) is 10.2 Å². The molecule has 2 heterocycles. The van der Waals surface area contributed by atoms with Gasteiger partial charge in [-0.15, -0.1) is 12.4 Å². The Balaban J connectivity index is 0.00000280. The number of benzene rings is 1. The Bertz CT molecular complexity index is 694. The topological polar surface area (TPSA) is 82.1 Å². The summed E-state index contributed by atoms with van der Waals surface area (Å²) in [5, 5.41) is 13.7. The van der Waals surface area contributed by atoms with E-state index in [0.29, 0.717) is 6.54 Å². The first-order chi connectivity index (χ1) is 13.0. The average molecular weight is 412 g/mol. The molecule has 2 N–H and O–H groups in total. The van der Waals surface area contributed by atoms with Gasteiger partial charge in [-0.05, 0) is 62.5 Å². The number of halogens is 1. The number of nitrogens with zero attached hydrogens (tertiary/aromatic N) is 2. The van der Waals surface area contributed by atoms with E-state index in [9.17, 15) is 9.59 Å². The molecular formula is C20H30ClN3O4. The van der Waals surface area contributed by atoms with E-state index < -0.39 is 5.97 Å². The first kappa shape index (κ1) is 22.6. The van der Waals surface area contributed by atoms with E-state index in [1.165, 1.54) is 17.6 Å². The number of carbonyl (C=O) groups excluding carboxylic acids is 1. The highest BCUT2D eigenvalue weighted by Gasteiger charge is 2.27. The predicted molar refractivity (Wildman–Crippen MR) is 110 cm³/mol. The van der Waals surface area contributed by atoms with Crippen LogP contribution in [0.25, 0.3) is 0 Å². The number of hydrogen-bond donors (Lipinski definition) is 2. The van der Waals surface area contributed by atoms with Crippen molar-refractivity contribution in [2.45, 2.75) is 51.7 Å². The number of rotatable bonds is 6. The van der Waals surface area contributed by atoms with Gasteiger partial charge in [-0.1, -0.05) is 6.07 Å². The number of carboxylic acid groups (broad SMARTS) is 1. The summed E-state index contributed by atoms with van der Waals surface area (Å²) in [6, 6.07) is 6.15. The van der Waals surface area contributed by atoms with Crippen molar-refractivity contribution >= 4 is 30.0 Å². The molecule has 0 saturated carbocycles. The van der Waals surface area contributed by atoms with E-state index in [1.54, 1.807) is 0 Å². The molecule has 0 radical (unpaired) electrons. The number of carbonyl (C=O) groups is 2. The van der Waals surface area contributed by atoms with Gasteiger partial charge < -0.3 is 10.4 Å². The molecule has 0 bridgehead atoms. The number of anilines is 1. The molecule has 1 aromatic carbocycles. The van der Waals surface area contributed by atoms with Crippen LogP contribution in [0.4, 0.5) is 5.69 Å². The molecule has 2 aliphatic rings. The van der Waals surface area contributed by atoms with E-state index in [4.69, 9.17) is 9.94 Å². The largest absolute Gasteiger partial charge is 0.481 e. The number of aliphatic carboxylic acids is 1. The van der Waals surface area contributed by atoms with E-state index in [2.05, 4.69) is 23.2 Å². The molecular weight excluding hydrogens is 382 g/mol. The van der Waals surface area contributed by atoms with Gasteiger partial charge in [0.2, 0.25) is 5.91 Å². The second-order valence-electron chi connectivity index (χ2n) is 7.36. The summed E-state index contributed by atoms with van der Waals surface area (Å²) in [4.78, 5) is 31.3. The maximum absolute atomic E-state index is 12.2. The number of hydrogen-bond acceptors (Lipinski definition) is 5. The van der Waals surface area contributed by atoms with E-state index in [0.717, 1.165) is 50.1 Å². The molecule has 1 amide bonds. The van der Waals surface area contributed by atoms with Gasteiger partial charge in [0.05, 0.1) is 18.2 Å². The standard InChI is InChI=1S/C20H29N3O4.ClH/c1-14-19-13-17(23(15(2)24)27-18-5-9-21-10-6-18)4-3-16(19)7-11-22(14)12-8-20(25)26;/h3-4,13-14,18,21H,5-12H2,1-2H3,(H,25,26);1H. The Hall–Kier alpha value is -1.67. The molecule has 2 aliphatic heterocycles. The van der Waals surface area contributed by atoms with Crippen LogP contribution in [0.1, 0.15) is 50.3 Å². The highest BCUT2D eigenvalue weighted by atomic mass is 35.5. The summed E-state index contributed by atoms with van der Waals surface area (Å²) in [7, 11) is 0. The van der Waals surface area contributed by atoms with E-state index in [-0.39, 0.29) is 36.9 Å². The highest BCUT2D eigenvalue weighted by molar-refractivity contribution is 5.89. The highest BCUT2D eigenvalue weighted by Crippen LogP contribution is 2.33. The van der Waals surface area contributed by atoms with Crippen LogP contribution in [-0.2, 0) is 20.8 Å². The lowest BCUT2D eigenvalue weighted by molar-refractivity contribution is -0.137. The second kappa shape index (κ2) is 10.2. The SMILES string of the molecule is CC(=O)N(OC1CCNCC1)c1ccc2c(c1)C(C)N(CCC(=O)O)CC2.Cl. The first-order valence-corrected chi connectivity index (χ1v) is 9.72. The molecule has 0 aromatic heterocycles. The summed E-state index contributed by atoms with van der Waals surface area (Å²) in [5.41, 5.74) is 3.14. The van der Waals surface area contributed by atoms with Gasteiger partial charge in [0.25, 0.3) is 0 Å². The van der Waals surface area contributed by atoms with Crippen molar-refractivity contribution in [1.29, 1.82) is 0 Å². The van der Waals surface area contributed by atoms with Gasteiger partial charge in [-0.3, -0.25) is 19.3 Å². The number of piperidine rings is 1. The average Bonchev–Trinajstić information content (AvgIpc) is 2.66. The fourth-order valence-corrected chi connectivity index (χ4v) is 3.89. The molecule has 1 atom stereocenters. The molecule has 3 rings (SSSR count). The van der Waals surface area contributed by atoms with Gasteiger partial charge in [-0.2, -0.15) is 5.06 Å². The minimum absolute atomic E-state index is 0. The Kier molecular flexibility index (Phi) is 8.24. The molecule has 1 aromatic rings. The molecule has 156 valence electrons. The molecule has 1 saturated heterocycles. The van der Waals surface area contributed by atoms with Crippen LogP contribution in [-0.4, -0.2) is 54.2 Å². The van der Waals surface area contributed by atoms with Gasteiger partial charge in [0, 0.05) is 26.1 Å². The fourth-order valence-electron chi connectivity index (χ4n) is 3.89. The quantitative estimate of drug-likeness (QED) is 0.700. The lowest BCUT2D eigenvalue weighted by Crippen LogP contribution is -2.40. The van der Waals surface area contributed by atoms with Gasteiger partial charge in [0.15, 0.2) is 0 Å². The zero-order chi connectivity index (χ0) is 19.4. The summed E-state index contributed by atoms with van der Waals surface area (Å²) in [5.74, 6) is -0.917. The monoisotopic (exact) mass is 411 g/mol. The van der Waals surface area contributed by atoms with Crippen LogP contribution in [0.5, 0.6) is 0 Å². The van der Waals surface area contributed by atoms with Crippen molar-refractivity contribution < 1.29 is 19.5 Å². The molecule has 28 heavy (non-hydrogen) atoms. The van der Waals surface area contributed by atoms with Crippen LogP contribution in [0.15, 0.2) is 18.2 Å². The lowest BCUT2D eigenvalue weighted by atomic mass is 9.92. The summed E-state index contributed by atoms with van der Waals surface area (Å²) in [6.45, 7) is 6.79. The lowest BCUT2D eigenvalue weighted by Gasteiger charge is -2.36. The Labute approximate surface area is 172 Å². The Morgan fingerprint density at radius 1 is 1.32 bits per heavy atom. The number of hydroxylamine groups is 1. The number of fused-ring (bicyclic) bond motifs is 1. The van der Waals surface area contributed by atoms with Crippen LogP contribution in [0, 0.1) is 0 Å². The third-order valence-corrected chi connectivity index (χ3v) is 5.47. The summed E-state index contributed by atoms with van der Waals surface area (Å²) < 4.78 is 0. The van der Waals surface area contributed by atoms with Crippen molar-refractivity contribution in [3.63, 3.8) is 0 Å². The van der Waals surface area contributed by atoms with Crippen LogP contribution < -0.4 is 10.4 Å². The fraction of sp³-hybridized carbons (Fsp3) is 0.600. The van der Waals surface area contributed by atoms with E-state index >= 15 is 0 Å². The molecule has 0 aliphatic carbocycles. The van der Waals surface area contributed by atoms with Gasteiger partial charge in [-0.25, -0.2) is 0 Å². The van der Waals surface area contributed by atoms with Crippen molar-refractivity contribution in [3.8, 4) is 0 Å². The molecule has 0 spiro atoms. The van der Waals surface area contributed by atoms with Crippen molar-refractivity contribution in [2.24, 2.45) is 0 Å². The Morgan fingerprint density at radius 2 is 2.04 bits per heavy atom. The van der Waals surface area contributed by atoms with Crippen LogP contribution in [0.3, 0.4) is 0 Å². The third kappa shape index (κ3) is 5.44. The van der Waals surface area contributed by atoms with Crippen LogP contribution >= 0.6 is 12.4 Å². The molecule has 1 fully saturated rings. The Morgan fingerprint density at radius 3 is 2.68 bits per heavy atom. The summed E-state index contributed by atoms with van der Waals surface area (Å²) >= 11 is 0. The minimum atomic E-state index is -0.778. The second-order valence-corrected chi connectivity index (χ2v) is 7.36. The maximum atomic E-state index is 12.2. The first-order valence-electron chi connectivity index (χ1n) is 9.72. The maximum Gasteiger partial charge on any atom is 0.304 e. The number of nitrogens with one attached hydrogen (secondary N) is 1. The normalized spacial score (nSPS) is 20.1. The van der Waals surface area contributed by atoms with Crippen LogP contribution in [0.2, 0.25) is 0 Å². The van der Waals surface area contributed by atoms with E-state index in [1.807, 2.05) is 12.1 Å². The van der Waals surface area contributed by atoms with Gasteiger partial charge in [0.1, 0.15) is 0 Å². The minimum Gasteiger partial charge on any atom is -0.481 e. The number of carboxylic acids is 1.